The summed E-state index contributed by atoms with van der Waals surface area (Å²) < 4.78 is 40.8. The van der Waals surface area contributed by atoms with Gasteiger partial charge in [0.05, 0.1) is 19.3 Å². The predicted octanol–water partition coefficient (Wildman–Crippen LogP) is 4.00. The van der Waals surface area contributed by atoms with Gasteiger partial charge in [-0.05, 0) is 49.9 Å². The van der Waals surface area contributed by atoms with Gasteiger partial charge >= 0.3 is 0 Å². The molecule has 1 aliphatic rings. The molecule has 0 aliphatic carbocycles. The normalized spacial score (nSPS) is 19.5. The second kappa shape index (κ2) is 12.7. The van der Waals surface area contributed by atoms with Crippen molar-refractivity contribution in [1.29, 1.82) is 0 Å². The third-order valence-corrected chi connectivity index (χ3v) is 8.92. The third-order valence-electron chi connectivity index (χ3n) is 6.90. The summed E-state index contributed by atoms with van der Waals surface area (Å²) in [4.78, 5) is 2.26. The lowest BCUT2D eigenvalue weighted by Crippen LogP contribution is -2.49. The van der Waals surface area contributed by atoms with E-state index in [1.807, 2.05) is 56.4 Å². The summed E-state index contributed by atoms with van der Waals surface area (Å²) in [5, 5.41) is 9.88. The minimum absolute atomic E-state index is 0.0771. The number of rotatable bonds is 7. The Morgan fingerprint density at radius 2 is 1.82 bits per heavy atom. The molecule has 7 nitrogen and oxygen atoms in total. The van der Waals surface area contributed by atoms with Gasteiger partial charge in [0, 0.05) is 37.2 Å². The lowest BCUT2D eigenvalue weighted by molar-refractivity contribution is 0.0733. The monoisotopic (exact) mass is 548 g/mol. The molecule has 0 unspecified atom stereocenters. The van der Waals surface area contributed by atoms with E-state index in [-0.39, 0.29) is 35.8 Å². The Morgan fingerprint density at radius 1 is 1.10 bits per heavy atom. The molecule has 0 amide bonds. The molecule has 4 rings (SSSR count). The maximum Gasteiger partial charge on any atom is 0.247 e. The minimum atomic E-state index is -3.92. The van der Waals surface area contributed by atoms with Gasteiger partial charge in [0.2, 0.25) is 10.0 Å². The standard InChI is InChI=1S/C31H36N2O5S/c1-23-19-33(24(2)22-34)39(35,36)31-17-15-25(14-16-27-12-8-9-13-28(27)37-4)18-29(31)38-30(23)21-32(3)20-26-10-6-5-7-11-26/h5-13,15,17-18,23-24,30,34H,19-22H2,1-4H3/t23-,24+,30+/m0/s1. The zero-order valence-corrected chi connectivity index (χ0v) is 23.7. The summed E-state index contributed by atoms with van der Waals surface area (Å²) in [5.74, 6) is 7.04. The van der Waals surface area contributed by atoms with Crippen LogP contribution in [-0.2, 0) is 16.6 Å². The highest BCUT2D eigenvalue weighted by atomic mass is 32.2. The van der Waals surface area contributed by atoms with Crippen molar-refractivity contribution in [3.63, 3.8) is 0 Å². The molecule has 1 N–H and O–H groups in total. The van der Waals surface area contributed by atoms with Crippen LogP contribution in [0.15, 0.2) is 77.7 Å². The van der Waals surface area contributed by atoms with Crippen molar-refractivity contribution >= 4 is 10.0 Å². The highest BCUT2D eigenvalue weighted by molar-refractivity contribution is 7.89. The number of hydrogen-bond donors (Lipinski definition) is 1. The van der Waals surface area contributed by atoms with E-state index >= 15 is 0 Å². The van der Waals surface area contributed by atoms with E-state index in [0.29, 0.717) is 17.9 Å². The van der Waals surface area contributed by atoms with Crippen LogP contribution in [0.2, 0.25) is 0 Å². The highest BCUT2D eigenvalue weighted by Gasteiger charge is 2.38. The van der Waals surface area contributed by atoms with Gasteiger partial charge in [-0.2, -0.15) is 4.31 Å². The molecule has 0 fully saturated rings. The number of aliphatic hydroxyl groups excluding tert-OH is 1. The van der Waals surface area contributed by atoms with Gasteiger partial charge in [0.15, 0.2) is 0 Å². The Morgan fingerprint density at radius 3 is 2.54 bits per heavy atom. The van der Waals surface area contributed by atoms with Crippen LogP contribution < -0.4 is 9.47 Å². The third kappa shape index (κ3) is 6.81. The first-order valence-electron chi connectivity index (χ1n) is 13.0. The molecule has 0 radical (unpaired) electrons. The molecule has 0 saturated carbocycles. The SMILES string of the molecule is COc1ccccc1C#Cc1ccc2c(c1)O[C@H](CN(C)Cc1ccccc1)[C@@H](C)CN([C@H](C)CO)S2(=O)=O. The largest absolute Gasteiger partial charge is 0.495 e. The Hall–Kier alpha value is -3.35. The molecular weight excluding hydrogens is 512 g/mol. The number of para-hydroxylation sites is 1. The average molecular weight is 549 g/mol. The summed E-state index contributed by atoms with van der Waals surface area (Å²) in [6, 6.07) is 22.0. The molecule has 1 heterocycles. The van der Waals surface area contributed by atoms with Crippen LogP contribution in [-0.4, -0.2) is 68.7 Å². The number of likely N-dealkylation sites (N-methyl/N-ethyl adjacent to an activating group) is 1. The molecule has 0 spiro atoms. The maximum atomic E-state index is 13.7. The lowest BCUT2D eigenvalue weighted by atomic mass is 10.0. The van der Waals surface area contributed by atoms with Crippen molar-refractivity contribution in [3.8, 4) is 23.3 Å². The topological polar surface area (TPSA) is 79.3 Å². The summed E-state index contributed by atoms with van der Waals surface area (Å²) >= 11 is 0. The second-order valence-electron chi connectivity index (χ2n) is 10.0. The fourth-order valence-corrected chi connectivity index (χ4v) is 6.50. The first-order chi connectivity index (χ1) is 18.7. The molecule has 3 aromatic rings. The van der Waals surface area contributed by atoms with Crippen molar-refractivity contribution in [1.82, 2.24) is 9.21 Å². The second-order valence-corrected chi connectivity index (χ2v) is 11.9. The summed E-state index contributed by atoms with van der Waals surface area (Å²) in [5.41, 5.74) is 2.55. The average Bonchev–Trinajstić information content (AvgIpc) is 2.94. The first-order valence-corrected chi connectivity index (χ1v) is 14.5. The van der Waals surface area contributed by atoms with Gasteiger partial charge in [-0.3, -0.25) is 4.90 Å². The summed E-state index contributed by atoms with van der Waals surface area (Å²) in [6.45, 7) is 5.00. The van der Waals surface area contributed by atoms with E-state index in [1.54, 1.807) is 32.2 Å². The van der Waals surface area contributed by atoms with E-state index in [9.17, 15) is 13.5 Å². The number of fused-ring (bicyclic) bond motifs is 1. The van der Waals surface area contributed by atoms with Crippen LogP contribution in [0.1, 0.15) is 30.5 Å². The van der Waals surface area contributed by atoms with Crippen LogP contribution >= 0.6 is 0 Å². The van der Waals surface area contributed by atoms with Crippen molar-refractivity contribution in [2.24, 2.45) is 5.92 Å². The highest BCUT2D eigenvalue weighted by Crippen LogP contribution is 2.34. The molecule has 206 valence electrons. The van der Waals surface area contributed by atoms with Gasteiger partial charge in [-0.25, -0.2) is 8.42 Å². The van der Waals surface area contributed by atoms with Crippen LogP contribution in [0.4, 0.5) is 0 Å². The predicted molar refractivity (Wildman–Crippen MR) is 152 cm³/mol. The van der Waals surface area contributed by atoms with Crippen LogP contribution in [0.5, 0.6) is 11.5 Å². The maximum absolute atomic E-state index is 13.7. The van der Waals surface area contributed by atoms with Gasteiger partial charge in [0.25, 0.3) is 0 Å². The van der Waals surface area contributed by atoms with Gasteiger partial charge in [-0.1, -0.05) is 61.2 Å². The van der Waals surface area contributed by atoms with E-state index in [4.69, 9.17) is 9.47 Å². The number of sulfonamides is 1. The van der Waals surface area contributed by atoms with Crippen molar-refractivity contribution in [2.75, 3.05) is 33.9 Å². The van der Waals surface area contributed by atoms with Gasteiger partial charge < -0.3 is 14.6 Å². The van der Waals surface area contributed by atoms with Gasteiger partial charge in [-0.15, -0.1) is 0 Å². The number of benzene rings is 3. The van der Waals surface area contributed by atoms with E-state index in [2.05, 4.69) is 28.9 Å². The Labute approximate surface area is 232 Å². The smallest absolute Gasteiger partial charge is 0.247 e. The Balaban J connectivity index is 1.71. The molecule has 39 heavy (non-hydrogen) atoms. The molecule has 3 aromatic carbocycles. The Kier molecular flexibility index (Phi) is 9.31. The molecule has 8 heteroatoms. The minimum Gasteiger partial charge on any atom is -0.495 e. The van der Waals surface area contributed by atoms with E-state index in [0.717, 1.165) is 12.1 Å². The van der Waals surface area contributed by atoms with Crippen LogP contribution in [0.3, 0.4) is 0 Å². The van der Waals surface area contributed by atoms with Crippen molar-refractivity contribution in [2.45, 2.75) is 37.4 Å². The quantitative estimate of drug-likeness (QED) is 0.450. The van der Waals surface area contributed by atoms with E-state index in [1.165, 1.54) is 9.87 Å². The zero-order valence-electron chi connectivity index (χ0n) is 22.9. The van der Waals surface area contributed by atoms with Crippen molar-refractivity contribution in [3.05, 3.63) is 89.5 Å². The molecule has 0 saturated heterocycles. The lowest BCUT2D eigenvalue weighted by Gasteiger charge is -2.37. The number of methoxy groups -OCH3 is 1. The van der Waals surface area contributed by atoms with Crippen LogP contribution in [0, 0.1) is 17.8 Å². The van der Waals surface area contributed by atoms with Crippen molar-refractivity contribution < 1.29 is 23.0 Å². The number of nitrogens with zero attached hydrogens (tertiary/aromatic N) is 2. The van der Waals surface area contributed by atoms with Gasteiger partial charge in [0.1, 0.15) is 22.5 Å². The number of hydrogen-bond acceptors (Lipinski definition) is 6. The first kappa shape index (κ1) is 28.7. The fraction of sp³-hybridized carbons (Fsp3) is 0.355. The summed E-state index contributed by atoms with van der Waals surface area (Å²) in [6.07, 6.45) is -0.293. The molecule has 0 aromatic heterocycles. The number of ether oxygens (including phenoxy) is 2. The Bertz CT molecular complexity index is 1430. The molecule has 3 atom stereocenters. The van der Waals surface area contributed by atoms with Crippen LogP contribution in [0.25, 0.3) is 0 Å². The molecule has 1 aliphatic heterocycles. The fourth-order valence-electron chi connectivity index (χ4n) is 4.68. The number of aliphatic hydroxyl groups is 1. The van der Waals surface area contributed by atoms with E-state index < -0.39 is 16.1 Å². The molecule has 0 bridgehead atoms. The zero-order chi connectivity index (χ0) is 28.0. The molecular formula is C31H36N2O5S. The summed E-state index contributed by atoms with van der Waals surface area (Å²) in [7, 11) is -0.288.